The van der Waals surface area contributed by atoms with Crippen LogP contribution in [0.25, 0.3) is 0 Å². The largest absolute Gasteiger partial charge is 0.391 e. The Hall–Kier alpha value is -1.02. The lowest BCUT2D eigenvalue weighted by atomic mass is 9.90. The maximum Gasteiger partial charge on any atom is 0.142 e. The van der Waals surface area contributed by atoms with Gasteiger partial charge in [0.15, 0.2) is 0 Å². The molecule has 1 radical (unpaired) electrons. The molecule has 0 aromatic heterocycles. The van der Waals surface area contributed by atoms with Crippen LogP contribution in [0.4, 0.5) is 0 Å². The number of halogens is 1. The first-order chi connectivity index (χ1) is 8.34. The summed E-state index contributed by atoms with van der Waals surface area (Å²) in [4.78, 5) is 5.23. The third-order valence-corrected chi connectivity index (χ3v) is 3.26. The molecule has 1 aromatic carbocycles. The lowest BCUT2D eigenvalue weighted by molar-refractivity contribution is 0.130. The molecule has 3 heteroatoms. The number of hydrogen-bond donors (Lipinski definition) is 0. The van der Waals surface area contributed by atoms with Gasteiger partial charge >= 0.3 is 0 Å². The molecule has 1 saturated carbocycles. The van der Waals surface area contributed by atoms with Gasteiger partial charge in [-0.2, -0.15) is 0 Å². The first kappa shape index (κ1) is 12.4. The molecule has 1 fully saturated rings. The highest BCUT2D eigenvalue weighted by atomic mass is 35.5. The second-order valence-electron chi connectivity index (χ2n) is 4.46. The van der Waals surface area contributed by atoms with Crippen LogP contribution >= 0.6 is 11.6 Å². The van der Waals surface area contributed by atoms with Crippen LogP contribution in [0.3, 0.4) is 0 Å². The van der Waals surface area contributed by atoms with Crippen LogP contribution in [0.2, 0.25) is 5.02 Å². The molecule has 2 nitrogen and oxygen atoms in total. The fraction of sp³-hybridized carbons (Fsp3) is 0.500. The zero-order chi connectivity index (χ0) is 11.9. The van der Waals surface area contributed by atoms with Gasteiger partial charge in [-0.25, -0.2) is 0 Å². The van der Waals surface area contributed by atoms with Crippen molar-refractivity contribution < 1.29 is 4.84 Å². The van der Waals surface area contributed by atoms with E-state index in [2.05, 4.69) is 11.4 Å². The van der Waals surface area contributed by atoms with Gasteiger partial charge in [-0.15, -0.1) is 0 Å². The van der Waals surface area contributed by atoms with E-state index in [1.54, 1.807) is 0 Å². The van der Waals surface area contributed by atoms with Gasteiger partial charge in [0.05, 0.1) is 0 Å². The molecule has 91 valence electrons. The fourth-order valence-corrected chi connectivity index (χ4v) is 2.29. The molecule has 1 aliphatic carbocycles. The second-order valence-corrected chi connectivity index (χ2v) is 4.90. The molecule has 0 spiro atoms. The normalized spacial score (nSPS) is 17.5. The van der Waals surface area contributed by atoms with E-state index in [-0.39, 0.29) is 0 Å². The quantitative estimate of drug-likeness (QED) is 0.577. The minimum atomic E-state index is 0.459. The Morgan fingerprint density at radius 2 is 2.12 bits per heavy atom. The Bertz CT molecular complexity index is 372. The van der Waals surface area contributed by atoms with Crippen molar-refractivity contribution >= 4 is 17.8 Å². The molecular weight excluding hydrogens is 234 g/mol. The van der Waals surface area contributed by atoms with Gasteiger partial charge in [-0.05, 0) is 30.5 Å². The highest BCUT2D eigenvalue weighted by Crippen LogP contribution is 2.21. The summed E-state index contributed by atoms with van der Waals surface area (Å²) in [5, 5.41) is 4.65. The maximum absolute atomic E-state index is 5.88. The van der Waals surface area contributed by atoms with Crippen LogP contribution in [-0.2, 0) is 11.4 Å². The number of rotatable bonds is 4. The summed E-state index contributed by atoms with van der Waals surface area (Å²) in [6.45, 7) is 0.459. The van der Waals surface area contributed by atoms with Crippen LogP contribution in [-0.4, -0.2) is 6.21 Å². The number of benzene rings is 1. The summed E-state index contributed by atoms with van der Waals surface area (Å²) in [6, 6.07) is 7.62. The van der Waals surface area contributed by atoms with Gasteiger partial charge in [0.25, 0.3) is 0 Å². The van der Waals surface area contributed by atoms with Crippen LogP contribution in [0.1, 0.15) is 37.7 Å². The Balaban J connectivity index is 1.73. The van der Waals surface area contributed by atoms with E-state index < -0.39 is 0 Å². The van der Waals surface area contributed by atoms with Gasteiger partial charge in [0.1, 0.15) is 12.8 Å². The summed E-state index contributed by atoms with van der Waals surface area (Å²) < 4.78 is 0. The highest BCUT2D eigenvalue weighted by molar-refractivity contribution is 6.30. The number of nitrogens with zero attached hydrogens (tertiary/aromatic N) is 1. The van der Waals surface area contributed by atoms with E-state index in [0.29, 0.717) is 12.5 Å². The molecule has 0 N–H and O–H groups in total. The highest BCUT2D eigenvalue weighted by Gasteiger charge is 2.11. The van der Waals surface area contributed by atoms with Gasteiger partial charge < -0.3 is 4.84 Å². The Kier molecular flexibility index (Phi) is 4.87. The molecule has 0 amide bonds. The molecule has 0 heterocycles. The topological polar surface area (TPSA) is 21.6 Å². The van der Waals surface area contributed by atoms with E-state index >= 15 is 0 Å². The minimum absolute atomic E-state index is 0.459. The van der Waals surface area contributed by atoms with E-state index in [1.165, 1.54) is 32.1 Å². The average Bonchev–Trinajstić information content (AvgIpc) is 2.36. The van der Waals surface area contributed by atoms with Gasteiger partial charge in [-0.3, -0.25) is 0 Å². The van der Waals surface area contributed by atoms with Crippen molar-refractivity contribution in [2.45, 2.75) is 38.7 Å². The first-order valence-electron chi connectivity index (χ1n) is 6.16. The summed E-state index contributed by atoms with van der Waals surface area (Å²) in [6.07, 6.45) is 9.41. The monoisotopic (exact) mass is 250 g/mol. The third-order valence-electron chi connectivity index (χ3n) is 3.03. The fourth-order valence-electron chi connectivity index (χ4n) is 2.08. The lowest BCUT2D eigenvalue weighted by Gasteiger charge is -2.15. The van der Waals surface area contributed by atoms with Gasteiger partial charge in [0, 0.05) is 10.9 Å². The van der Waals surface area contributed by atoms with Gasteiger partial charge in [0.2, 0.25) is 0 Å². The maximum atomic E-state index is 5.88. The Morgan fingerprint density at radius 1 is 1.29 bits per heavy atom. The van der Waals surface area contributed by atoms with Crippen LogP contribution in [0.5, 0.6) is 0 Å². The summed E-state index contributed by atoms with van der Waals surface area (Å²) in [5.74, 6) is 0.489. The molecule has 0 aliphatic heterocycles. The molecular formula is C14H17ClNO. The molecule has 0 atom stereocenters. The van der Waals surface area contributed by atoms with Crippen molar-refractivity contribution in [1.82, 2.24) is 0 Å². The average molecular weight is 251 g/mol. The van der Waals surface area contributed by atoms with Crippen molar-refractivity contribution in [3.8, 4) is 0 Å². The zero-order valence-electron chi connectivity index (χ0n) is 9.86. The van der Waals surface area contributed by atoms with Crippen molar-refractivity contribution in [1.29, 1.82) is 0 Å². The van der Waals surface area contributed by atoms with Crippen LogP contribution in [0.15, 0.2) is 29.4 Å². The van der Waals surface area contributed by atoms with E-state index in [9.17, 15) is 0 Å². The second kappa shape index (κ2) is 6.65. The minimum Gasteiger partial charge on any atom is -0.391 e. The van der Waals surface area contributed by atoms with Crippen molar-refractivity contribution in [2.24, 2.45) is 11.1 Å². The predicted octanol–water partition coefficient (Wildman–Crippen LogP) is 4.30. The molecule has 1 aliphatic rings. The summed E-state index contributed by atoms with van der Waals surface area (Å²) >= 11 is 5.88. The van der Waals surface area contributed by atoms with E-state index in [0.717, 1.165) is 10.6 Å². The van der Waals surface area contributed by atoms with Gasteiger partial charge in [-0.1, -0.05) is 48.2 Å². The smallest absolute Gasteiger partial charge is 0.142 e. The third kappa shape index (κ3) is 4.39. The van der Waals surface area contributed by atoms with E-state index in [1.807, 2.05) is 24.3 Å². The SMILES string of the molecule is Clc1cccc(CO/N=[C]\C2CCCCC2)c1. The molecule has 17 heavy (non-hydrogen) atoms. The molecule has 0 saturated heterocycles. The van der Waals surface area contributed by atoms with Crippen LogP contribution < -0.4 is 0 Å². The molecule has 1 aromatic rings. The zero-order valence-corrected chi connectivity index (χ0v) is 10.6. The molecule has 2 rings (SSSR count). The molecule has 0 unspecified atom stereocenters. The van der Waals surface area contributed by atoms with Crippen LogP contribution in [0, 0.1) is 5.92 Å². The number of hydrogen-bond acceptors (Lipinski definition) is 2. The molecule has 0 bridgehead atoms. The standard InChI is InChI=1S/C14H17ClNO/c15-14-8-4-7-13(9-14)11-17-16-10-12-5-2-1-3-6-12/h4,7-9,12H,1-3,5-6,11H2. The lowest BCUT2D eigenvalue weighted by Crippen LogP contribution is -2.07. The van der Waals surface area contributed by atoms with Crippen molar-refractivity contribution in [3.05, 3.63) is 34.9 Å². The Labute approximate surface area is 108 Å². The van der Waals surface area contributed by atoms with E-state index in [4.69, 9.17) is 16.4 Å². The van der Waals surface area contributed by atoms with Crippen molar-refractivity contribution in [3.63, 3.8) is 0 Å². The summed E-state index contributed by atoms with van der Waals surface area (Å²) in [5.41, 5.74) is 1.03. The summed E-state index contributed by atoms with van der Waals surface area (Å²) in [7, 11) is 0. The first-order valence-corrected chi connectivity index (χ1v) is 6.54. The van der Waals surface area contributed by atoms with Crippen molar-refractivity contribution in [2.75, 3.05) is 0 Å². The predicted molar refractivity (Wildman–Crippen MR) is 70.3 cm³/mol. The Morgan fingerprint density at radius 3 is 2.88 bits per heavy atom.